The van der Waals surface area contributed by atoms with Crippen molar-refractivity contribution in [1.82, 2.24) is 0 Å². The van der Waals surface area contributed by atoms with E-state index in [1.54, 1.807) is 18.2 Å². The molecule has 1 atom stereocenters. The molecule has 0 aliphatic carbocycles. The number of urea groups is 1. The van der Waals surface area contributed by atoms with E-state index in [0.29, 0.717) is 34.7 Å². The summed E-state index contributed by atoms with van der Waals surface area (Å²) in [4.78, 5) is 38.8. The Labute approximate surface area is 273 Å². The third kappa shape index (κ3) is 10.9. The first-order valence-corrected chi connectivity index (χ1v) is 15.2. The summed E-state index contributed by atoms with van der Waals surface area (Å²) < 4.78 is 47.9. The fraction of sp³-hybridized carbons (Fsp3) is 0.258. The van der Waals surface area contributed by atoms with Crippen molar-refractivity contribution in [3.05, 3.63) is 82.4 Å². The highest BCUT2D eigenvalue weighted by Gasteiger charge is 2.19. The van der Waals surface area contributed by atoms with E-state index >= 15 is 0 Å². The van der Waals surface area contributed by atoms with Gasteiger partial charge in [-0.15, -0.1) is 0 Å². The minimum Gasteiger partial charge on any atom is -0.458 e. The zero-order chi connectivity index (χ0) is 33.5. The van der Waals surface area contributed by atoms with Crippen LogP contribution in [-0.4, -0.2) is 61.8 Å². The maximum atomic E-state index is 13.0. The molecular formula is C31H32ClF3N6O4S. The summed E-state index contributed by atoms with van der Waals surface area (Å²) in [6.07, 6.45) is -0.280. The summed E-state index contributed by atoms with van der Waals surface area (Å²) in [5.41, 5.74) is 9.14. The highest BCUT2D eigenvalue weighted by molar-refractivity contribution is 8.14. The van der Waals surface area contributed by atoms with Crippen LogP contribution in [0.5, 0.6) is 5.75 Å². The summed E-state index contributed by atoms with van der Waals surface area (Å²) in [5, 5.41) is 2.87. The van der Waals surface area contributed by atoms with Gasteiger partial charge in [-0.3, -0.25) is 9.69 Å². The number of nitrogens with two attached hydrogens (primary N) is 1. The van der Waals surface area contributed by atoms with Crippen molar-refractivity contribution < 1.29 is 32.2 Å². The molecule has 0 fully saturated rings. The number of aliphatic imine (C=N–C) groups is 3. The van der Waals surface area contributed by atoms with E-state index in [2.05, 4.69) is 20.3 Å². The van der Waals surface area contributed by atoms with Gasteiger partial charge in [-0.2, -0.15) is 9.38 Å². The molecule has 0 spiro atoms. The lowest BCUT2D eigenvalue weighted by atomic mass is 10.1. The number of amides is 3. The van der Waals surface area contributed by atoms with Crippen LogP contribution in [0.3, 0.4) is 0 Å². The van der Waals surface area contributed by atoms with E-state index in [0.717, 1.165) is 5.56 Å². The lowest BCUT2D eigenvalue weighted by Crippen LogP contribution is -2.30. The molecule has 0 saturated carbocycles. The maximum absolute atomic E-state index is 13.0. The summed E-state index contributed by atoms with van der Waals surface area (Å²) >= 11 is 7.59. The first-order valence-electron chi connectivity index (χ1n) is 13.8. The Morgan fingerprint density at radius 1 is 1.15 bits per heavy atom. The lowest BCUT2D eigenvalue weighted by molar-refractivity contribution is -0.106. The van der Waals surface area contributed by atoms with Gasteiger partial charge >= 0.3 is 6.03 Å². The van der Waals surface area contributed by atoms with E-state index in [1.807, 2.05) is 19.9 Å². The van der Waals surface area contributed by atoms with Crippen LogP contribution in [0.15, 0.2) is 75.6 Å². The number of nitrogens with zero attached hydrogens (tertiary/aromatic N) is 4. The van der Waals surface area contributed by atoms with Crippen LogP contribution in [0.1, 0.15) is 23.6 Å². The van der Waals surface area contributed by atoms with E-state index in [4.69, 9.17) is 26.8 Å². The molecule has 10 nitrogen and oxygen atoms in total. The predicted octanol–water partition coefficient (Wildman–Crippen LogP) is 7.15. The maximum Gasteiger partial charge on any atom is 0.347 e. The molecule has 0 aliphatic rings. The Kier molecular flexibility index (Phi) is 14.5. The van der Waals surface area contributed by atoms with Gasteiger partial charge in [-0.05, 0) is 66.8 Å². The van der Waals surface area contributed by atoms with Crippen LogP contribution in [0, 0.1) is 6.92 Å². The number of rotatable bonds is 14. The fourth-order valence-corrected chi connectivity index (χ4v) is 4.69. The quantitative estimate of drug-likeness (QED) is 0.0807. The lowest BCUT2D eigenvalue weighted by Gasteiger charge is -2.22. The second kappa shape index (κ2) is 18.5. The number of amidine groups is 2. The number of anilines is 2. The molecule has 0 radical (unpaired) electrons. The molecule has 0 bridgehead atoms. The zero-order valence-electron chi connectivity index (χ0n) is 25.0. The molecule has 244 valence electrons. The van der Waals surface area contributed by atoms with Crippen LogP contribution in [0.25, 0.3) is 0 Å². The van der Waals surface area contributed by atoms with Gasteiger partial charge in [0.2, 0.25) is 6.41 Å². The highest BCUT2D eigenvalue weighted by Crippen LogP contribution is 2.27. The molecule has 3 amide bonds. The van der Waals surface area contributed by atoms with Gasteiger partial charge in [0.05, 0.1) is 35.3 Å². The first kappa shape index (κ1) is 36.1. The number of carbonyl (C=O) groups excluding carboxylic acids is 2. The monoisotopic (exact) mass is 676 g/mol. The van der Waals surface area contributed by atoms with E-state index in [-0.39, 0.29) is 40.7 Å². The number of thioether (sulfide) groups is 1. The number of ether oxygens (including phenoxy) is 2. The molecule has 0 aromatic heterocycles. The number of halogens is 4. The number of carbonyl (C=O) groups is 2. The van der Waals surface area contributed by atoms with Gasteiger partial charge in [-0.1, -0.05) is 42.4 Å². The Morgan fingerprint density at radius 2 is 1.91 bits per heavy atom. The molecule has 3 aromatic rings. The fourth-order valence-electron chi connectivity index (χ4n) is 3.77. The van der Waals surface area contributed by atoms with Gasteiger partial charge in [-0.25, -0.2) is 23.6 Å². The largest absolute Gasteiger partial charge is 0.458 e. The molecule has 0 saturated heterocycles. The Morgan fingerprint density at radius 3 is 2.57 bits per heavy atom. The van der Waals surface area contributed by atoms with Crippen LogP contribution in [-0.2, 0) is 16.1 Å². The van der Waals surface area contributed by atoms with E-state index in [1.165, 1.54) is 59.4 Å². The number of hydrogen-bond acceptors (Lipinski definition) is 6. The Balaban J connectivity index is 1.73. The van der Waals surface area contributed by atoms with Crippen LogP contribution in [0.2, 0.25) is 5.02 Å². The van der Waals surface area contributed by atoms with Gasteiger partial charge in [0.15, 0.2) is 11.8 Å². The molecule has 0 aliphatic heterocycles. The standard InChI is InChI=1S/C31H32ClF3N6O4S/c1-3-46-31(41(19-42)27-14-20(2)4-5-22(27)17-44-13-12-33)40-30(43)39-26-11-6-21(15-25(26)32)29(36)38-18-37-23-7-9-24(10-8-23)45-28(35)16-34/h4-11,14-15,18-19,28H,3,12-13,16-17H2,1-2H3,(H,39,43)(H2,36,37,38)/b40-31-. The Bertz CT molecular complexity index is 1580. The number of aryl methyl sites for hydroxylation is 1. The molecule has 46 heavy (non-hydrogen) atoms. The van der Waals surface area contributed by atoms with Crippen LogP contribution >= 0.6 is 23.4 Å². The molecule has 3 aromatic carbocycles. The third-order valence-corrected chi connectivity index (χ3v) is 7.04. The predicted molar refractivity (Wildman–Crippen MR) is 178 cm³/mol. The summed E-state index contributed by atoms with van der Waals surface area (Å²) in [7, 11) is 0. The van der Waals surface area contributed by atoms with E-state index in [9.17, 15) is 22.8 Å². The molecule has 3 N–H and O–H groups in total. The van der Waals surface area contributed by atoms with Gasteiger partial charge in [0.1, 0.15) is 24.6 Å². The zero-order valence-corrected chi connectivity index (χ0v) is 26.5. The summed E-state index contributed by atoms with van der Waals surface area (Å²) in [5.74, 6) is 0.739. The molecular weight excluding hydrogens is 645 g/mol. The minimum atomic E-state index is -2.04. The van der Waals surface area contributed by atoms with Crippen molar-refractivity contribution in [1.29, 1.82) is 0 Å². The summed E-state index contributed by atoms with van der Waals surface area (Å²) in [6.45, 7) is 1.77. The smallest absolute Gasteiger partial charge is 0.347 e. The number of nitrogens with one attached hydrogen (secondary N) is 1. The number of alkyl halides is 3. The minimum absolute atomic E-state index is 0.0630. The van der Waals surface area contributed by atoms with Gasteiger partial charge < -0.3 is 20.5 Å². The first-order chi connectivity index (χ1) is 22.2. The number of hydrogen-bond donors (Lipinski definition) is 2. The van der Waals surface area contributed by atoms with Gasteiger partial charge in [0, 0.05) is 11.1 Å². The molecule has 15 heteroatoms. The second-order valence-corrected chi connectivity index (χ2v) is 10.9. The van der Waals surface area contributed by atoms with E-state index < -0.39 is 25.7 Å². The van der Waals surface area contributed by atoms with Crippen LogP contribution in [0.4, 0.5) is 35.0 Å². The summed E-state index contributed by atoms with van der Waals surface area (Å²) in [6, 6.07) is 15.1. The molecule has 1 unspecified atom stereocenters. The second-order valence-electron chi connectivity index (χ2n) is 9.24. The number of benzene rings is 3. The average molecular weight is 677 g/mol. The van der Waals surface area contributed by atoms with Crippen molar-refractivity contribution in [3.8, 4) is 5.75 Å². The Hall–Kier alpha value is -4.40. The van der Waals surface area contributed by atoms with Crippen molar-refractivity contribution in [2.24, 2.45) is 20.7 Å². The van der Waals surface area contributed by atoms with Crippen LogP contribution < -0.4 is 20.7 Å². The van der Waals surface area contributed by atoms with Crippen molar-refractivity contribution >= 4 is 70.2 Å². The van der Waals surface area contributed by atoms with Crippen molar-refractivity contribution in [3.63, 3.8) is 0 Å². The third-order valence-electron chi connectivity index (χ3n) is 5.89. The normalized spacial score (nSPS) is 12.7. The van der Waals surface area contributed by atoms with Gasteiger partial charge in [0.25, 0.3) is 6.36 Å². The highest BCUT2D eigenvalue weighted by atomic mass is 35.5. The SMILES string of the molecule is CCS/C(=N\C(=O)Nc1ccc(C(N)=NC=Nc2ccc(OC(F)CF)cc2)cc1Cl)N(C=O)c1cc(C)ccc1COCCF. The van der Waals surface area contributed by atoms with Crippen molar-refractivity contribution in [2.45, 2.75) is 26.8 Å². The topological polar surface area (TPSA) is 131 Å². The average Bonchev–Trinajstić information content (AvgIpc) is 3.04. The molecule has 0 heterocycles. The van der Waals surface area contributed by atoms with Crippen molar-refractivity contribution in [2.75, 3.05) is 35.9 Å². The molecule has 3 rings (SSSR count).